The maximum atomic E-state index is 14.8. The lowest BCUT2D eigenvalue weighted by molar-refractivity contribution is -0.137. The highest BCUT2D eigenvalue weighted by Crippen LogP contribution is 2.44. The van der Waals surface area contributed by atoms with Gasteiger partial charge in [0.2, 0.25) is 0 Å². The van der Waals surface area contributed by atoms with Gasteiger partial charge in [0.05, 0.1) is 18.6 Å². The molecule has 5 rings (SSSR count). The molecule has 0 spiro atoms. The highest BCUT2D eigenvalue weighted by atomic mass is 19.1. The first kappa shape index (κ1) is 20.8. The first-order valence-corrected chi connectivity index (χ1v) is 10.7. The topological polar surface area (TPSA) is 88.8 Å². The zero-order chi connectivity index (χ0) is 22.9. The molecule has 3 aromatic rings. The summed E-state index contributed by atoms with van der Waals surface area (Å²) in [4.78, 5) is 11.0. The summed E-state index contributed by atoms with van der Waals surface area (Å²) in [6.07, 6.45) is 0.659. The van der Waals surface area contributed by atoms with Gasteiger partial charge in [0.25, 0.3) is 0 Å². The highest BCUT2D eigenvalue weighted by molar-refractivity contribution is 5.68. The van der Waals surface area contributed by atoms with Crippen LogP contribution in [-0.4, -0.2) is 17.7 Å². The van der Waals surface area contributed by atoms with Gasteiger partial charge < -0.3 is 19.3 Å². The molecule has 2 atom stereocenters. The lowest BCUT2D eigenvalue weighted by Gasteiger charge is -2.17. The van der Waals surface area contributed by atoms with Crippen LogP contribution in [0.15, 0.2) is 54.6 Å². The predicted octanol–water partition coefficient (Wildman–Crippen LogP) is 5.51. The number of nitrogens with zero attached hydrogens (tertiary/aromatic N) is 1. The molecule has 0 aromatic heterocycles. The number of carboxylic acids is 1. The summed E-state index contributed by atoms with van der Waals surface area (Å²) in [5.41, 5.74) is 2.43. The van der Waals surface area contributed by atoms with E-state index in [1.54, 1.807) is 42.5 Å². The third kappa shape index (κ3) is 3.96. The number of hydrogen-bond donors (Lipinski definition) is 1. The van der Waals surface area contributed by atoms with E-state index in [0.717, 1.165) is 11.1 Å². The molecule has 2 aliphatic rings. The quantitative estimate of drug-likeness (QED) is 0.538. The molecule has 3 aromatic carbocycles. The molecule has 1 heterocycles. The van der Waals surface area contributed by atoms with Crippen molar-refractivity contribution in [3.63, 3.8) is 0 Å². The molecule has 1 aliphatic heterocycles. The molecule has 0 saturated carbocycles. The van der Waals surface area contributed by atoms with E-state index in [-0.39, 0.29) is 18.2 Å². The van der Waals surface area contributed by atoms with Crippen LogP contribution in [0, 0.1) is 17.1 Å². The summed E-state index contributed by atoms with van der Waals surface area (Å²) in [6.45, 7) is 0.316. The zero-order valence-corrected chi connectivity index (χ0v) is 17.6. The van der Waals surface area contributed by atoms with Crippen LogP contribution in [0.4, 0.5) is 4.39 Å². The minimum atomic E-state index is -0.870. The third-order valence-corrected chi connectivity index (χ3v) is 6.03. The van der Waals surface area contributed by atoms with Crippen LogP contribution in [0.3, 0.4) is 0 Å². The number of benzene rings is 3. The lowest BCUT2D eigenvalue weighted by atomic mass is 9.98. The average Bonchev–Trinajstić information content (AvgIpc) is 3.40. The van der Waals surface area contributed by atoms with Crippen LogP contribution in [0.25, 0.3) is 0 Å². The van der Waals surface area contributed by atoms with Crippen LogP contribution in [0.1, 0.15) is 47.1 Å². The summed E-state index contributed by atoms with van der Waals surface area (Å²) in [7, 11) is 0. The van der Waals surface area contributed by atoms with Crippen LogP contribution in [0.5, 0.6) is 23.0 Å². The van der Waals surface area contributed by atoms with Crippen molar-refractivity contribution in [3.8, 4) is 29.1 Å². The second-order valence-corrected chi connectivity index (χ2v) is 8.10. The van der Waals surface area contributed by atoms with E-state index in [2.05, 4.69) is 6.07 Å². The van der Waals surface area contributed by atoms with Gasteiger partial charge in [-0.1, -0.05) is 18.2 Å². The van der Waals surface area contributed by atoms with Crippen LogP contribution >= 0.6 is 0 Å². The van der Waals surface area contributed by atoms with E-state index in [1.807, 2.05) is 6.07 Å². The number of hydrogen-bond acceptors (Lipinski definition) is 5. The fraction of sp³-hybridized carbons (Fsp3) is 0.231. The van der Waals surface area contributed by atoms with Crippen molar-refractivity contribution >= 4 is 5.97 Å². The zero-order valence-electron chi connectivity index (χ0n) is 17.6. The van der Waals surface area contributed by atoms with E-state index in [4.69, 9.17) is 19.3 Å². The Morgan fingerprint density at radius 3 is 2.85 bits per heavy atom. The maximum Gasteiger partial charge on any atom is 0.304 e. The number of para-hydroxylation sites is 1. The minimum absolute atomic E-state index is 0.00607. The van der Waals surface area contributed by atoms with Gasteiger partial charge in [-0.25, -0.2) is 4.39 Å². The Kier molecular flexibility index (Phi) is 5.35. The Labute approximate surface area is 189 Å². The highest BCUT2D eigenvalue weighted by Gasteiger charge is 2.32. The smallest absolute Gasteiger partial charge is 0.304 e. The van der Waals surface area contributed by atoms with Crippen molar-refractivity contribution in [2.75, 3.05) is 6.61 Å². The molecule has 6 nitrogen and oxygen atoms in total. The van der Waals surface area contributed by atoms with Crippen LogP contribution < -0.4 is 14.2 Å². The van der Waals surface area contributed by atoms with Crippen molar-refractivity contribution in [3.05, 3.63) is 82.7 Å². The van der Waals surface area contributed by atoms with Crippen LogP contribution in [-0.2, 0) is 11.2 Å². The molecule has 0 radical (unpaired) electrons. The standard InChI is InChI=1S/C26H20FNO5/c27-20-8-10-22(33-21-4-2-1-3-15(21)13-28)19-7-9-23(26(19)20)32-17-5-6-18-16(11-25(29)30)14-31-24(18)12-17/h1-6,8,10,12,16,23H,7,9,11,14H2,(H,29,30)/t16?,23-/m1/s1. The number of fused-ring (bicyclic) bond motifs is 2. The van der Waals surface area contributed by atoms with Crippen molar-refractivity contribution in [1.82, 2.24) is 0 Å². The van der Waals surface area contributed by atoms with Gasteiger partial charge in [0, 0.05) is 28.7 Å². The van der Waals surface area contributed by atoms with E-state index < -0.39 is 12.1 Å². The van der Waals surface area contributed by atoms with Gasteiger partial charge in [-0.3, -0.25) is 4.79 Å². The summed E-state index contributed by atoms with van der Waals surface area (Å²) >= 11 is 0. The summed E-state index contributed by atoms with van der Waals surface area (Å²) in [6, 6.07) is 17.3. The molecule has 1 unspecified atom stereocenters. The Bertz CT molecular complexity index is 1280. The molecule has 7 heteroatoms. The SMILES string of the molecule is N#Cc1ccccc1Oc1ccc(F)c2c1CC[C@H]2Oc1ccc2c(c1)OCC2CC(=O)O. The molecule has 166 valence electrons. The van der Waals surface area contributed by atoms with Crippen molar-refractivity contribution in [1.29, 1.82) is 5.26 Å². The molecule has 0 fully saturated rings. The Hall–Kier alpha value is -4.05. The normalized spacial score (nSPS) is 18.1. The minimum Gasteiger partial charge on any atom is -0.492 e. The summed E-state index contributed by atoms with van der Waals surface area (Å²) in [5.74, 6) is 0.634. The molecule has 0 bridgehead atoms. The Morgan fingerprint density at radius 1 is 1.18 bits per heavy atom. The largest absolute Gasteiger partial charge is 0.492 e. The van der Waals surface area contributed by atoms with Gasteiger partial charge in [0.1, 0.15) is 41.0 Å². The number of aliphatic carboxylic acids is 1. The molecule has 33 heavy (non-hydrogen) atoms. The van der Waals surface area contributed by atoms with Gasteiger partial charge in [-0.2, -0.15) is 5.26 Å². The third-order valence-electron chi connectivity index (χ3n) is 6.03. The number of nitriles is 1. The van der Waals surface area contributed by atoms with Gasteiger partial charge >= 0.3 is 5.97 Å². The molecular weight excluding hydrogens is 425 g/mol. The molecule has 0 saturated heterocycles. The van der Waals surface area contributed by atoms with E-state index in [9.17, 15) is 14.4 Å². The number of ether oxygens (including phenoxy) is 3. The van der Waals surface area contributed by atoms with Crippen molar-refractivity contribution in [2.24, 2.45) is 0 Å². The van der Waals surface area contributed by atoms with E-state index >= 15 is 0 Å². The van der Waals surface area contributed by atoms with Crippen molar-refractivity contribution in [2.45, 2.75) is 31.3 Å². The monoisotopic (exact) mass is 445 g/mol. The predicted molar refractivity (Wildman–Crippen MR) is 116 cm³/mol. The lowest BCUT2D eigenvalue weighted by Crippen LogP contribution is -2.07. The number of rotatable bonds is 6. The summed E-state index contributed by atoms with van der Waals surface area (Å²) < 4.78 is 32.6. The molecule has 1 aliphatic carbocycles. The van der Waals surface area contributed by atoms with Crippen molar-refractivity contribution < 1.29 is 28.5 Å². The van der Waals surface area contributed by atoms with E-state index in [0.29, 0.717) is 53.6 Å². The van der Waals surface area contributed by atoms with Crippen LogP contribution in [0.2, 0.25) is 0 Å². The maximum absolute atomic E-state index is 14.8. The fourth-order valence-corrected chi connectivity index (χ4v) is 4.50. The fourth-order valence-electron chi connectivity index (χ4n) is 4.50. The first-order chi connectivity index (χ1) is 16.0. The number of carboxylic acid groups (broad SMARTS) is 1. The Morgan fingerprint density at radius 2 is 2.03 bits per heavy atom. The second kappa shape index (κ2) is 8.47. The Balaban J connectivity index is 1.39. The molecule has 1 N–H and O–H groups in total. The number of halogens is 1. The van der Waals surface area contributed by atoms with Gasteiger partial charge in [-0.15, -0.1) is 0 Å². The molecule has 0 amide bonds. The number of carbonyl (C=O) groups is 1. The average molecular weight is 445 g/mol. The van der Waals surface area contributed by atoms with E-state index in [1.165, 1.54) is 6.07 Å². The van der Waals surface area contributed by atoms with Gasteiger partial charge in [-0.05, 0) is 43.2 Å². The second-order valence-electron chi connectivity index (χ2n) is 8.10. The first-order valence-electron chi connectivity index (χ1n) is 10.7. The molecular formula is C26H20FNO5. The summed E-state index contributed by atoms with van der Waals surface area (Å²) in [5, 5.41) is 18.4. The van der Waals surface area contributed by atoms with Gasteiger partial charge in [0.15, 0.2) is 0 Å².